The summed E-state index contributed by atoms with van der Waals surface area (Å²) in [6, 6.07) is 7.22. The largest absolute Gasteiger partial charge is 0.478 e. The number of hydrogen-bond acceptors (Lipinski definition) is 7. The van der Waals surface area contributed by atoms with E-state index in [2.05, 4.69) is 15.0 Å². The summed E-state index contributed by atoms with van der Waals surface area (Å²) in [5.74, 6) is -4.26. The highest BCUT2D eigenvalue weighted by molar-refractivity contribution is 5.93. The molecule has 0 unspecified atom stereocenters. The zero-order valence-electron chi connectivity index (χ0n) is 15.1. The summed E-state index contributed by atoms with van der Waals surface area (Å²) in [5, 5.41) is 33.6. The van der Waals surface area contributed by atoms with E-state index < -0.39 is 23.9 Å². The lowest BCUT2D eigenvalue weighted by molar-refractivity contribution is 0.0680. The smallest absolute Gasteiger partial charge is 0.337 e. The van der Waals surface area contributed by atoms with Gasteiger partial charge in [-0.2, -0.15) is 0 Å². The summed E-state index contributed by atoms with van der Waals surface area (Å²) < 4.78 is 0. The second kappa shape index (κ2) is 11.9. The van der Waals surface area contributed by atoms with Gasteiger partial charge in [-0.1, -0.05) is 0 Å². The average molecular weight is 413 g/mol. The second-order valence-electron chi connectivity index (χ2n) is 5.17. The number of carboxylic acid groups (broad SMARTS) is 4. The van der Waals surface area contributed by atoms with E-state index >= 15 is 0 Å². The second-order valence-corrected chi connectivity index (χ2v) is 5.17. The molecule has 11 nitrogen and oxygen atoms in total. The molecule has 154 valence electrons. The monoisotopic (exact) mass is 413 g/mol. The molecule has 3 aromatic heterocycles. The molecule has 0 saturated heterocycles. The van der Waals surface area contributed by atoms with Crippen molar-refractivity contribution in [3.8, 4) is 0 Å². The molecule has 0 atom stereocenters. The van der Waals surface area contributed by atoms with Gasteiger partial charge in [0, 0.05) is 37.2 Å². The van der Waals surface area contributed by atoms with Gasteiger partial charge in [-0.05, 0) is 30.3 Å². The van der Waals surface area contributed by atoms with Crippen LogP contribution in [0.15, 0.2) is 67.5 Å². The van der Waals surface area contributed by atoms with E-state index in [0.29, 0.717) is 0 Å². The maximum atomic E-state index is 10.3. The van der Waals surface area contributed by atoms with Crippen LogP contribution < -0.4 is 0 Å². The third-order valence-electron chi connectivity index (χ3n) is 3.05. The third-order valence-corrected chi connectivity index (χ3v) is 3.05. The van der Waals surface area contributed by atoms with Gasteiger partial charge in [-0.25, -0.2) is 19.2 Å². The van der Waals surface area contributed by atoms with Gasteiger partial charge in [0.25, 0.3) is 0 Å². The van der Waals surface area contributed by atoms with Crippen LogP contribution in [-0.4, -0.2) is 59.3 Å². The summed E-state index contributed by atoms with van der Waals surface area (Å²) in [5.41, 5.74) is 0.180. The first-order valence-corrected chi connectivity index (χ1v) is 7.90. The minimum absolute atomic E-state index is 0.130. The summed E-state index contributed by atoms with van der Waals surface area (Å²) in [4.78, 5) is 51.7. The number of pyridine rings is 3. The Hall–Kier alpha value is -4.67. The quantitative estimate of drug-likeness (QED) is 0.490. The maximum absolute atomic E-state index is 10.3. The van der Waals surface area contributed by atoms with Gasteiger partial charge < -0.3 is 20.4 Å². The van der Waals surface area contributed by atoms with Crippen molar-refractivity contribution in [1.29, 1.82) is 0 Å². The van der Waals surface area contributed by atoms with Gasteiger partial charge in [0.15, 0.2) is 0 Å². The lowest BCUT2D eigenvalue weighted by Crippen LogP contribution is -2.02. The van der Waals surface area contributed by atoms with Crippen LogP contribution in [0.3, 0.4) is 0 Å². The molecule has 11 heteroatoms. The molecule has 0 radical (unpaired) electrons. The minimum Gasteiger partial charge on any atom is -0.478 e. The number of nitrogens with zero attached hydrogens (tertiary/aromatic N) is 3. The highest BCUT2D eigenvalue weighted by Gasteiger charge is 2.07. The van der Waals surface area contributed by atoms with Crippen molar-refractivity contribution in [2.24, 2.45) is 0 Å². The van der Waals surface area contributed by atoms with Gasteiger partial charge in [0.05, 0.1) is 22.3 Å². The molecule has 0 aliphatic rings. The maximum Gasteiger partial charge on any atom is 0.337 e. The van der Waals surface area contributed by atoms with Gasteiger partial charge in [0.2, 0.25) is 0 Å². The Kier molecular flexibility index (Phi) is 9.29. The van der Waals surface area contributed by atoms with Crippen molar-refractivity contribution >= 4 is 23.9 Å². The third kappa shape index (κ3) is 8.35. The van der Waals surface area contributed by atoms with Crippen molar-refractivity contribution < 1.29 is 39.6 Å². The molecule has 0 amide bonds. The molecule has 0 fully saturated rings. The van der Waals surface area contributed by atoms with E-state index in [1.165, 1.54) is 36.9 Å². The van der Waals surface area contributed by atoms with E-state index in [9.17, 15) is 19.2 Å². The van der Waals surface area contributed by atoms with Gasteiger partial charge in [-0.3, -0.25) is 15.0 Å². The van der Waals surface area contributed by atoms with E-state index in [0.717, 1.165) is 18.5 Å². The highest BCUT2D eigenvalue weighted by atomic mass is 16.4. The first-order chi connectivity index (χ1) is 14.2. The van der Waals surface area contributed by atoms with Gasteiger partial charge >= 0.3 is 23.9 Å². The lowest BCUT2D eigenvalue weighted by Gasteiger charge is -1.94. The molecule has 0 bridgehead atoms. The number of aromatic carboxylic acids is 4. The summed E-state index contributed by atoms with van der Waals surface area (Å²) in [7, 11) is 0. The van der Waals surface area contributed by atoms with Crippen molar-refractivity contribution in [3.63, 3.8) is 0 Å². The van der Waals surface area contributed by atoms with Crippen LogP contribution in [0.4, 0.5) is 0 Å². The number of carbonyl (C=O) groups is 4. The van der Waals surface area contributed by atoms with E-state index in [4.69, 9.17) is 20.4 Å². The van der Waals surface area contributed by atoms with Crippen LogP contribution in [0.5, 0.6) is 0 Å². The normalized spacial score (nSPS) is 9.07. The van der Waals surface area contributed by atoms with Crippen LogP contribution >= 0.6 is 0 Å². The summed E-state index contributed by atoms with van der Waals surface area (Å²) in [6.07, 6.45) is 7.87. The number of aromatic nitrogens is 3. The lowest BCUT2D eigenvalue weighted by atomic mass is 10.2. The van der Waals surface area contributed by atoms with Crippen LogP contribution in [0, 0.1) is 0 Å². The molecule has 30 heavy (non-hydrogen) atoms. The standard InChI is InChI=1S/C7H5NO4.2C6H5NO2/c9-6(10)4-1-5(7(11)12)3-8-2-4;2*8-6(9)5-2-1-3-7-4-5/h1-3H,(H,9,10)(H,11,12);2*1-4H,(H,8,9). The Morgan fingerprint density at radius 2 is 0.867 bits per heavy atom. The van der Waals surface area contributed by atoms with Gasteiger partial charge in [-0.15, -0.1) is 0 Å². The van der Waals surface area contributed by atoms with Crippen molar-refractivity contribution in [2.75, 3.05) is 0 Å². The fourth-order valence-electron chi connectivity index (χ4n) is 1.65. The Morgan fingerprint density at radius 1 is 0.533 bits per heavy atom. The molecule has 3 rings (SSSR count). The van der Waals surface area contributed by atoms with E-state index in [1.807, 2.05) is 0 Å². The minimum atomic E-state index is -1.19. The number of hydrogen-bond donors (Lipinski definition) is 4. The highest BCUT2D eigenvalue weighted by Crippen LogP contribution is 2.02. The molecular formula is C19H15N3O8. The van der Waals surface area contributed by atoms with Crippen molar-refractivity contribution in [3.05, 3.63) is 89.8 Å². The molecule has 3 aromatic rings. The first kappa shape index (κ1) is 23.4. The predicted molar refractivity (Wildman–Crippen MR) is 101 cm³/mol. The zero-order valence-corrected chi connectivity index (χ0v) is 15.1. The SMILES string of the molecule is O=C(O)c1cccnc1.O=C(O)c1cccnc1.O=C(O)c1cncc(C(=O)O)c1. The summed E-state index contributed by atoms with van der Waals surface area (Å²) in [6.45, 7) is 0. The van der Waals surface area contributed by atoms with Crippen LogP contribution in [0.1, 0.15) is 41.4 Å². The molecule has 0 aliphatic carbocycles. The predicted octanol–water partition coefficient (Wildman–Crippen LogP) is 2.04. The zero-order chi connectivity index (χ0) is 22.5. The molecule has 0 saturated carbocycles. The average Bonchev–Trinajstić information content (AvgIpc) is 2.76. The first-order valence-electron chi connectivity index (χ1n) is 7.90. The Labute approximate surface area is 168 Å². The van der Waals surface area contributed by atoms with Crippen LogP contribution in [0.2, 0.25) is 0 Å². The topological polar surface area (TPSA) is 188 Å². The molecule has 0 aliphatic heterocycles. The molecular weight excluding hydrogens is 398 g/mol. The molecule has 0 aromatic carbocycles. The molecule has 4 N–H and O–H groups in total. The Balaban J connectivity index is 0.000000229. The molecule has 3 heterocycles. The van der Waals surface area contributed by atoms with E-state index in [-0.39, 0.29) is 22.3 Å². The van der Waals surface area contributed by atoms with E-state index in [1.54, 1.807) is 12.1 Å². The number of carboxylic acids is 4. The fourth-order valence-corrected chi connectivity index (χ4v) is 1.65. The fraction of sp³-hybridized carbons (Fsp3) is 0. The molecule has 0 spiro atoms. The van der Waals surface area contributed by atoms with Crippen LogP contribution in [-0.2, 0) is 0 Å². The number of rotatable bonds is 4. The summed E-state index contributed by atoms with van der Waals surface area (Å²) >= 11 is 0. The Morgan fingerprint density at radius 3 is 1.10 bits per heavy atom. The van der Waals surface area contributed by atoms with Crippen molar-refractivity contribution in [1.82, 2.24) is 15.0 Å². The van der Waals surface area contributed by atoms with Crippen LogP contribution in [0.25, 0.3) is 0 Å². The van der Waals surface area contributed by atoms with Crippen molar-refractivity contribution in [2.45, 2.75) is 0 Å². The Bertz CT molecular complexity index is 932. The van der Waals surface area contributed by atoms with Gasteiger partial charge in [0.1, 0.15) is 0 Å².